The minimum Gasteiger partial charge on any atom is -0.453 e. The lowest BCUT2D eigenvalue weighted by molar-refractivity contribution is -0.138. The van der Waals surface area contributed by atoms with Gasteiger partial charge in [0.25, 0.3) is 0 Å². The van der Waals surface area contributed by atoms with Crippen LogP contribution in [0.1, 0.15) is 11.1 Å². The molecule has 0 aromatic heterocycles. The molecule has 0 heterocycles. The summed E-state index contributed by atoms with van der Waals surface area (Å²) in [7, 11) is 1.65. The summed E-state index contributed by atoms with van der Waals surface area (Å²) < 4.78 is 57.8. The molecule has 1 N–H and O–H groups in total. The first kappa shape index (κ1) is 15.3. The van der Waals surface area contributed by atoms with E-state index in [1.807, 2.05) is 0 Å². The van der Waals surface area contributed by atoms with Gasteiger partial charge in [0.05, 0.1) is 5.56 Å². The van der Waals surface area contributed by atoms with Gasteiger partial charge in [-0.1, -0.05) is 24.3 Å². The Bertz CT molecular complexity index is 625. The number of rotatable bonds is 4. The molecule has 2 aromatic rings. The molecule has 2 aromatic carbocycles. The Morgan fingerprint density at radius 3 is 2.43 bits per heavy atom. The van der Waals surface area contributed by atoms with Crippen LogP contribution < -0.4 is 10.1 Å². The molecule has 2 nitrogen and oxygen atoms in total. The van der Waals surface area contributed by atoms with E-state index in [-0.39, 0.29) is 12.3 Å². The van der Waals surface area contributed by atoms with Crippen molar-refractivity contribution < 1.29 is 22.3 Å². The molecule has 0 aliphatic rings. The van der Waals surface area contributed by atoms with E-state index in [9.17, 15) is 17.6 Å². The molecule has 0 unspecified atom stereocenters. The van der Waals surface area contributed by atoms with Crippen molar-refractivity contribution in [1.29, 1.82) is 0 Å². The van der Waals surface area contributed by atoms with E-state index in [1.54, 1.807) is 13.1 Å². The largest absolute Gasteiger partial charge is 0.453 e. The van der Waals surface area contributed by atoms with Gasteiger partial charge in [-0.15, -0.1) is 0 Å². The number of halogens is 4. The van der Waals surface area contributed by atoms with Gasteiger partial charge in [-0.2, -0.15) is 13.2 Å². The Morgan fingerprint density at radius 1 is 1.05 bits per heavy atom. The molecular weight excluding hydrogens is 286 g/mol. The Kier molecular flexibility index (Phi) is 4.47. The highest BCUT2D eigenvalue weighted by atomic mass is 19.4. The molecule has 2 rings (SSSR count). The van der Waals surface area contributed by atoms with Crippen molar-refractivity contribution in [3.05, 3.63) is 59.4 Å². The summed E-state index contributed by atoms with van der Waals surface area (Å²) in [5.41, 5.74) is -0.502. The van der Waals surface area contributed by atoms with Crippen molar-refractivity contribution in [3.63, 3.8) is 0 Å². The maximum atomic E-state index is 13.9. The standard InChI is InChI=1S/C15H13F4NO/c1-20-9-10-5-4-7-12(16)14(10)21-13-8-3-2-6-11(13)15(17,18)19/h2-8,20H,9H2,1H3. The lowest BCUT2D eigenvalue weighted by Gasteiger charge is -2.16. The molecular formula is C15H13F4NO. The van der Waals surface area contributed by atoms with Crippen LogP contribution in [0.25, 0.3) is 0 Å². The molecule has 0 radical (unpaired) electrons. The number of ether oxygens (including phenoxy) is 1. The van der Waals surface area contributed by atoms with Crippen molar-refractivity contribution in [2.45, 2.75) is 12.7 Å². The second-order valence-electron chi connectivity index (χ2n) is 4.35. The van der Waals surface area contributed by atoms with E-state index >= 15 is 0 Å². The summed E-state index contributed by atoms with van der Waals surface area (Å²) in [4.78, 5) is 0. The van der Waals surface area contributed by atoms with Crippen LogP contribution in [0.5, 0.6) is 11.5 Å². The van der Waals surface area contributed by atoms with Crippen LogP contribution in [0.3, 0.4) is 0 Å². The Balaban J connectivity index is 2.44. The Labute approximate surface area is 119 Å². The summed E-state index contributed by atoms with van der Waals surface area (Å²) in [5.74, 6) is -1.34. The summed E-state index contributed by atoms with van der Waals surface area (Å²) >= 11 is 0. The molecule has 0 atom stereocenters. The van der Waals surface area contributed by atoms with Crippen LogP contribution in [-0.2, 0) is 12.7 Å². The van der Waals surface area contributed by atoms with Crippen molar-refractivity contribution in [1.82, 2.24) is 5.32 Å². The van der Waals surface area contributed by atoms with Crippen LogP contribution in [0.15, 0.2) is 42.5 Å². The molecule has 0 fully saturated rings. The van der Waals surface area contributed by atoms with Gasteiger partial charge in [0.15, 0.2) is 11.6 Å². The van der Waals surface area contributed by atoms with E-state index in [4.69, 9.17) is 4.74 Å². The molecule has 21 heavy (non-hydrogen) atoms. The third kappa shape index (κ3) is 3.52. The summed E-state index contributed by atoms with van der Waals surface area (Å²) in [6.45, 7) is 0.279. The van der Waals surface area contributed by atoms with E-state index in [1.165, 1.54) is 24.3 Å². The van der Waals surface area contributed by atoms with Gasteiger partial charge in [0.2, 0.25) is 0 Å². The topological polar surface area (TPSA) is 21.3 Å². The number of nitrogens with one attached hydrogen (secondary N) is 1. The van der Waals surface area contributed by atoms with Crippen LogP contribution in [0, 0.1) is 5.82 Å². The quantitative estimate of drug-likeness (QED) is 0.847. The molecule has 0 bridgehead atoms. The van der Waals surface area contributed by atoms with E-state index in [0.717, 1.165) is 12.1 Å². The van der Waals surface area contributed by atoms with Crippen LogP contribution >= 0.6 is 0 Å². The zero-order valence-corrected chi connectivity index (χ0v) is 11.2. The second kappa shape index (κ2) is 6.13. The fourth-order valence-corrected chi connectivity index (χ4v) is 1.90. The zero-order valence-electron chi connectivity index (χ0n) is 11.2. The number of hydrogen-bond acceptors (Lipinski definition) is 2. The van der Waals surface area contributed by atoms with Gasteiger partial charge in [-0.25, -0.2) is 4.39 Å². The van der Waals surface area contributed by atoms with Crippen molar-refractivity contribution in [2.24, 2.45) is 0 Å². The first-order valence-corrected chi connectivity index (χ1v) is 6.19. The van der Waals surface area contributed by atoms with Crippen LogP contribution in [0.2, 0.25) is 0 Å². The van der Waals surface area contributed by atoms with Gasteiger partial charge in [-0.3, -0.25) is 0 Å². The molecule has 0 saturated carbocycles. The predicted octanol–water partition coefficient (Wildman–Crippen LogP) is 4.36. The van der Waals surface area contributed by atoms with Crippen LogP contribution in [-0.4, -0.2) is 7.05 Å². The third-order valence-electron chi connectivity index (χ3n) is 2.82. The van der Waals surface area contributed by atoms with E-state index in [0.29, 0.717) is 5.56 Å². The molecule has 112 valence electrons. The van der Waals surface area contributed by atoms with Gasteiger partial charge >= 0.3 is 6.18 Å². The van der Waals surface area contributed by atoms with Gasteiger partial charge in [0, 0.05) is 12.1 Å². The van der Waals surface area contributed by atoms with Gasteiger partial charge in [-0.05, 0) is 25.2 Å². The fraction of sp³-hybridized carbons (Fsp3) is 0.200. The lowest BCUT2D eigenvalue weighted by atomic mass is 10.1. The molecule has 0 aliphatic heterocycles. The normalized spacial score (nSPS) is 11.5. The smallest absolute Gasteiger partial charge is 0.419 e. The molecule has 0 amide bonds. The minimum absolute atomic E-state index is 0.205. The van der Waals surface area contributed by atoms with Gasteiger partial charge < -0.3 is 10.1 Å². The van der Waals surface area contributed by atoms with Crippen LogP contribution in [0.4, 0.5) is 17.6 Å². The SMILES string of the molecule is CNCc1cccc(F)c1Oc1ccccc1C(F)(F)F. The van der Waals surface area contributed by atoms with E-state index in [2.05, 4.69) is 5.32 Å². The minimum atomic E-state index is -4.56. The average molecular weight is 299 g/mol. The molecule has 6 heteroatoms. The monoisotopic (exact) mass is 299 g/mol. The molecule has 0 spiro atoms. The highest BCUT2D eigenvalue weighted by Gasteiger charge is 2.34. The summed E-state index contributed by atoms with van der Waals surface area (Å²) in [6, 6.07) is 8.93. The van der Waals surface area contributed by atoms with E-state index < -0.39 is 23.3 Å². The van der Waals surface area contributed by atoms with Crippen molar-refractivity contribution in [2.75, 3.05) is 7.05 Å². The molecule has 0 aliphatic carbocycles. The summed E-state index contributed by atoms with van der Waals surface area (Å²) in [5, 5.41) is 2.81. The average Bonchev–Trinajstić information content (AvgIpc) is 2.42. The highest BCUT2D eigenvalue weighted by molar-refractivity contribution is 5.43. The maximum absolute atomic E-state index is 13.9. The number of alkyl halides is 3. The third-order valence-corrected chi connectivity index (χ3v) is 2.82. The second-order valence-corrected chi connectivity index (χ2v) is 4.35. The maximum Gasteiger partial charge on any atom is 0.419 e. The van der Waals surface area contributed by atoms with Gasteiger partial charge in [0.1, 0.15) is 5.75 Å². The van der Waals surface area contributed by atoms with Crippen molar-refractivity contribution in [3.8, 4) is 11.5 Å². The summed E-state index contributed by atoms with van der Waals surface area (Å²) in [6.07, 6.45) is -4.56. The Morgan fingerprint density at radius 2 is 1.76 bits per heavy atom. The Hall–Kier alpha value is -2.08. The first-order valence-electron chi connectivity index (χ1n) is 6.19. The molecule has 0 saturated heterocycles. The number of hydrogen-bond donors (Lipinski definition) is 1. The zero-order chi connectivity index (χ0) is 15.5. The van der Waals surface area contributed by atoms with Crippen molar-refractivity contribution >= 4 is 0 Å². The fourth-order valence-electron chi connectivity index (χ4n) is 1.90. The first-order chi connectivity index (χ1) is 9.93. The number of para-hydroxylation sites is 2. The lowest BCUT2D eigenvalue weighted by Crippen LogP contribution is -2.10. The highest BCUT2D eigenvalue weighted by Crippen LogP contribution is 2.39. The predicted molar refractivity (Wildman–Crippen MR) is 70.7 cm³/mol. The number of benzene rings is 2.